The predicted molar refractivity (Wildman–Crippen MR) is 91.7 cm³/mol. The van der Waals surface area contributed by atoms with Gasteiger partial charge in [-0.05, 0) is 55.5 Å². The topological polar surface area (TPSA) is 38.1 Å². The molecular formula is C19H25N3O. The summed E-state index contributed by atoms with van der Waals surface area (Å²) in [5.41, 5.74) is 1.75. The van der Waals surface area contributed by atoms with E-state index in [1.807, 2.05) is 41.4 Å². The molecule has 4 heteroatoms. The first kappa shape index (κ1) is 15.8. The summed E-state index contributed by atoms with van der Waals surface area (Å²) in [7, 11) is 0. The molecule has 1 unspecified atom stereocenters. The van der Waals surface area contributed by atoms with Crippen LogP contribution in [0.2, 0.25) is 0 Å². The highest BCUT2D eigenvalue weighted by molar-refractivity contribution is 5.94. The number of hydrogen-bond acceptors (Lipinski definition) is 2. The third-order valence-corrected chi connectivity index (χ3v) is 4.72. The van der Waals surface area contributed by atoms with E-state index in [2.05, 4.69) is 12.0 Å². The number of benzene rings is 1. The zero-order chi connectivity index (χ0) is 16.1. The Bertz CT molecular complexity index is 619. The second kappa shape index (κ2) is 7.44. The minimum atomic E-state index is 0.161. The van der Waals surface area contributed by atoms with Crippen LogP contribution in [0.4, 0.5) is 0 Å². The molecule has 1 saturated heterocycles. The SMILES string of the molecule is CCCC1CCCN(C(=O)c2ccc(-n3cccn3)cc2)CC1. The normalized spacial score (nSPS) is 18.7. The van der Waals surface area contributed by atoms with Crippen LogP contribution in [0.25, 0.3) is 5.69 Å². The summed E-state index contributed by atoms with van der Waals surface area (Å²) in [6, 6.07) is 9.63. The van der Waals surface area contributed by atoms with Gasteiger partial charge in [-0.25, -0.2) is 4.68 Å². The largest absolute Gasteiger partial charge is 0.339 e. The van der Waals surface area contributed by atoms with E-state index in [9.17, 15) is 4.79 Å². The summed E-state index contributed by atoms with van der Waals surface area (Å²) in [6.45, 7) is 4.03. The average molecular weight is 311 g/mol. The maximum absolute atomic E-state index is 12.7. The van der Waals surface area contributed by atoms with E-state index in [0.717, 1.165) is 43.1 Å². The van der Waals surface area contributed by atoms with Gasteiger partial charge in [0.25, 0.3) is 5.91 Å². The summed E-state index contributed by atoms with van der Waals surface area (Å²) in [5, 5.41) is 4.21. The fraction of sp³-hybridized carbons (Fsp3) is 0.474. The molecule has 4 nitrogen and oxygen atoms in total. The van der Waals surface area contributed by atoms with E-state index < -0.39 is 0 Å². The van der Waals surface area contributed by atoms with E-state index in [1.165, 1.54) is 19.3 Å². The van der Waals surface area contributed by atoms with Crippen LogP contribution in [0, 0.1) is 5.92 Å². The van der Waals surface area contributed by atoms with E-state index >= 15 is 0 Å². The first-order valence-corrected chi connectivity index (χ1v) is 8.67. The maximum atomic E-state index is 12.7. The molecular weight excluding hydrogens is 286 g/mol. The molecule has 1 atom stereocenters. The minimum Gasteiger partial charge on any atom is -0.339 e. The molecule has 0 radical (unpaired) electrons. The smallest absolute Gasteiger partial charge is 0.253 e. The van der Waals surface area contributed by atoms with Gasteiger partial charge in [-0.3, -0.25) is 4.79 Å². The van der Waals surface area contributed by atoms with Crippen LogP contribution >= 0.6 is 0 Å². The number of amides is 1. The summed E-state index contributed by atoms with van der Waals surface area (Å²) >= 11 is 0. The zero-order valence-corrected chi connectivity index (χ0v) is 13.8. The number of carbonyl (C=O) groups is 1. The molecule has 1 fully saturated rings. The Morgan fingerprint density at radius 3 is 2.74 bits per heavy atom. The van der Waals surface area contributed by atoms with Crippen molar-refractivity contribution in [3.63, 3.8) is 0 Å². The highest BCUT2D eigenvalue weighted by Gasteiger charge is 2.21. The molecule has 0 aliphatic carbocycles. The first-order chi connectivity index (χ1) is 11.3. The lowest BCUT2D eigenvalue weighted by Gasteiger charge is -2.21. The summed E-state index contributed by atoms with van der Waals surface area (Å²) in [6.07, 6.45) is 9.72. The molecule has 1 amide bonds. The van der Waals surface area contributed by atoms with Crippen molar-refractivity contribution < 1.29 is 4.79 Å². The highest BCUT2D eigenvalue weighted by Crippen LogP contribution is 2.23. The second-order valence-corrected chi connectivity index (χ2v) is 6.38. The van der Waals surface area contributed by atoms with E-state index in [-0.39, 0.29) is 5.91 Å². The van der Waals surface area contributed by atoms with Gasteiger partial charge in [0, 0.05) is 31.0 Å². The number of likely N-dealkylation sites (tertiary alicyclic amines) is 1. The van der Waals surface area contributed by atoms with E-state index in [4.69, 9.17) is 0 Å². The summed E-state index contributed by atoms with van der Waals surface area (Å²) in [5.74, 6) is 0.953. The molecule has 3 rings (SSSR count). The predicted octanol–water partition coefficient (Wildman–Crippen LogP) is 3.91. The molecule has 0 saturated carbocycles. The monoisotopic (exact) mass is 311 g/mol. The Hall–Kier alpha value is -2.10. The van der Waals surface area contributed by atoms with Crippen molar-refractivity contribution in [2.75, 3.05) is 13.1 Å². The fourth-order valence-electron chi connectivity index (χ4n) is 3.43. The Morgan fingerprint density at radius 1 is 1.22 bits per heavy atom. The van der Waals surface area contributed by atoms with Crippen LogP contribution in [-0.2, 0) is 0 Å². The highest BCUT2D eigenvalue weighted by atomic mass is 16.2. The quantitative estimate of drug-likeness (QED) is 0.858. The van der Waals surface area contributed by atoms with Crippen LogP contribution in [0.3, 0.4) is 0 Å². The zero-order valence-electron chi connectivity index (χ0n) is 13.8. The van der Waals surface area contributed by atoms with Gasteiger partial charge in [-0.2, -0.15) is 5.10 Å². The number of rotatable bonds is 4. The van der Waals surface area contributed by atoms with Crippen molar-refractivity contribution in [3.8, 4) is 5.69 Å². The van der Waals surface area contributed by atoms with E-state index in [1.54, 1.807) is 10.9 Å². The molecule has 2 aromatic rings. The molecule has 0 spiro atoms. The minimum absolute atomic E-state index is 0.161. The molecule has 1 aromatic carbocycles. The van der Waals surface area contributed by atoms with Gasteiger partial charge < -0.3 is 4.90 Å². The third-order valence-electron chi connectivity index (χ3n) is 4.72. The number of nitrogens with zero attached hydrogens (tertiary/aromatic N) is 3. The molecule has 1 aromatic heterocycles. The van der Waals surface area contributed by atoms with Crippen LogP contribution in [0.5, 0.6) is 0 Å². The number of aromatic nitrogens is 2. The van der Waals surface area contributed by atoms with Gasteiger partial charge >= 0.3 is 0 Å². The lowest BCUT2D eigenvalue weighted by atomic mass is 9.96. The number of hydrogen-bond donors (Lipinski definition) is 0. The van der Waals surface area contributed by atoms with Crippen LogP contribution in [0.1, 0.15) is 49.4 Å². The fourth-order valence-corrected chi connectivity index (χ4v) is 3.43. The maximum Gasteiger partial charge on any atom is 0.253 e. The van der Waals surface area contributed by atoms with Crippen molar-refractivity contribution in [1.82, 2.24) is 14.7 Å². The van der Waals surface area contributed by atoms with Gasteiger partial charge in [0.15, 0.2) is 0 Å². The van der Waals surface area contributed by atoms with Gasteiger partial charge in [-0.1, -0.05) is 19.8 Å². The Balaban J connectivity index is 1.65. The third kappa shape index (κ3) is 3.81. The molecule has 122 valence electrons. The van der Waals surface area contributed by atoms with Crippen LogP contribution in [-0.4, -0.2) is 33.7 Å². The van der Waals surface area contributed by atoms with Gasteiger partial charge in [0.2, 0.25) is 0 Å². The summed E-state index contributed by atoms with van der Waals surface area (Å²) in [4.78, 5) is 14.7. The van der Waals surface area contributed by atoms with E-state index in [0.29, 0.717) is 0 Å². The standard InChI is InChI=1S/C19H25N3O/c1-2-5-16-6-3-13-21(15-11-16)19(23)17-7-9-18(10-8-17)22-14-4-12-20-22/h4,7-10,12,14,16H,2-3,5-6,11,13,15H2,1H3. The Kier molecular flexibility index (Phi) is 5.11. The van der Waals surface area contributed by atoms with Gasteiger partial charge in [0.05, 0.1) is 5.69 Å². The van der Waals surface area contributed by atoms with Gasteiger partial charge in [0.1, 0.15) is 0 Å². The molecule has 0 bridgehead atoms. The molecule has 1 aliphatic heterocycles. The van der Waals surface area contributed by atoms with Crippen LogP contribution < -0.4 is 0 Å². The molecule has 0 N–H and O–H groups in total. The lowest BCUT2D eigenvalue weighted by Crippen LogP contribution is -2.32. The average Bonchev–Trinajstić information content (AvgIpc) is 3.02. The molecule has 2 heterocycles. The van der Waals surface area contributed by atoms with Gasteiger partial charge in [-0.15, -0.1) is 0 Å². The van der Waals surface area contributed by atoms with Crippen molar-refractivity contribution >= 4 is 5.91 Å². The van der Waals surface area contributed by atoms with Crippen molar-refractivity contribution in [1.29, 1.82) is 0 Å². The Morgan fingerprint density at radius 2 is 2.04 bits per heavy atom. The number of carbonyl (C=O) groups excluding carboxylic acids is 1. The van der Waals surface area contributed by atoms with Crippen molar-refractivity contribution in [2.24, 2.45) is 5.92 Å². The lowest BCUT2D eigenvalue weighted by molar-refractivity contribution is 0.0760. The summed E-state index contributed by atoms with van der Waals surface area (Å²) < 4.78 is 1.80. The van der Waals surface area contributed by atoms with Crippen molar-refractivity contribution in [2.45, 2.75) is 39.0 Å². The first-order valence-electron chi connectivity index (χ1n) is 8.67. The van der Waals surface area contributed by atoms with Crippen molar-refractivity contribution in [3.05, 3.63) is 48.3 Å². The Labute approximate surface area is 138 Å². The second-order valence-electron chi connectivity index (χ2n) is 6.38. The molecule has 23 heavy (non-hydrogen) atoms. The van der Waals surface area contributed by atoms with Crippen LogP contribution in [0.15, 0.2) is 42.7 Å². The molecule has 1 aliphatic rings.